The van der Waals surface area contributed by atoms with E-state index in [4.69, 9.17) is 4.74 Å². The van der Waals surface area contributed by atoms with Crippen molar-refractivity contribution in [2.45, 2.75) is 13.8 Å². The van der Waals surface area contributed by atoms with Gasteiger partial charge in [0.15, 0.2) is 5.78 Å². The number of amides is 1. The summed E-state index contributed by atoms with van der Waals surface area (Å²) in [4.78, 5) is 22.7. The Balaban J connectivity index is 2.85. The van der Waals surface area contributed by atoms with Gasteiger partial charge < -0.3 is 10.1 Å². The zero-order chi connectivity index (χ0) is 12.8. The van der Waals surface area contributed by atoms with E-state index in [0.29, 0.717) is 6.61 Å². The Labute approximate surface area is 98.8 Å². The number of nitrogens with one attached hydrogen (secondary N) is 1. The summed E-state index contributed by atoms with van der Waals surface area (Å²) in [5, 5.41) is 2.44. The molecule has 0 aromatic heterocycles. The van der Waals surface area contributed by atoms with Crippen molar-refractivity contribution >= 4 is 17.4 Å². The molecule has 0 saturated carbocycles. The van der Waals surface area contributed by atoms with Crippen LogP contribution in [0.15, 0.2) is 18.2 Å². The molecule has 0 radical (unpaired) electrons. The predicted octanol–water partition coefficient (Wildman–Crippen LogP) is 2.00. The molecule has 0 atom stereocenters. The highest BCUT2D eigenvalue weighted by Gasteiger charge is 2.11. The molecular weight excluding hydrogens is 225 g/mol. The molecule has 4 nitrogen and oxygen atoms in total. The van der Waals surface area contributed by atoms with Crippen LogP contribution in [0.25, 0.3) is 0 Å². The zero-order valence-electron chi connectivity index (χ0n) is 9.75. The quantitative estimate of drug-likeness (QED) is 0.799. The van der Waals surface area contributed by atoms with E-state index < -0.39 is 11.7 Å². The highest BCUT2D eigenvalue weighted by molar-refractivity contribution is 6.03. The Hall–Kier alpha value is -1.75. The summed E-state index contributed by atoms with van der Waals surface area (Å²) in [6.45, 7) is 3.41. The highest BCUT2D eigenvalue weighted by atomic mass is 19.1. The van der Waals surface area contributed by atoms with Crippen LogP contribution in [0, 0.1) is 5.82 Å². The van der Waals surface area contributed by atoms with Gasteiger partial charge >= 0.3 is 0 Å². The zero-order valence-corrected chi connectivity index (χ0v) is 9.75. The van der Waals surface area contributed by atoms with E-state index in [-0.39, 0.29) is 23.6 Å². The Kier molecular flexibility index (Phi) is 4.78. The summed E-state index contributed by atoms with van der Waals surface area (Å²) in [6, 6.07) is 3.63. The second-order valence-electron chi connectivity index (χ2n) is 3.43. The van der Waals surface area contributed by atoms with Gasteiger partial charge in [0.1, 0.15) is 12.4 Å². The van der Waals surface area contributed by atoms with Crippen LogP contribution in [0.3, 0.4) is 0 Å². The summed E-state index contributed by atoms with van der Waals surface area (Å²) in [5.74, 6) is -1.17. The molecule has 0 aliphatic heterocycles. The molecule has 92 valence electrons. The minimum absolute atomic E-state index is 0.121. The van der Waals surface area contributed by atoms with Crippen LogP contribution in [0.1, 0.15) is 24.2 Å². The molecule has 0 unspecified atom stereocenters. The molecular formula is C12H14FNO3. The van der Waals surface area contributed by atoms with Gasteiger partial charge in [0.25, 0.3) is 0 Å². The number of Topliss-reactive ketones (excluding diaryl/α,β-unsaturated/α-hetero) is 1. The summed E-state index contributed by atoms with van der Waals surface area (Å²) in [6.07, 6.45) is 0. The van der Waals surface area contributed by atoms with Gasteiger partial charge in [0, 0.05) is 12.2 Å². The Morgan fingerprint density at radius 1 is 1.41 bits per heavy atom. The lowest BCUT2D eigenvalue weighted by molar-refractivity contribution is -0.120. The van der Waals surface area contributed by atoms with Crippen molar-refractivity contribution in [3.05, 3.63) is 29.6 Å². The fourth-order valence-corrected chi connectivity index (χ4v) is 1.31. The van der Waals surface area contributed by atoms with Crippen LogP contribution >= 0.6 is 0 Å². The lowest BCUT2D eigenvalue weighted by Gasteiger charge is -2.09. The molecule has 0 aliphatic rings. The molecule has 1 rings (SSSR count). The molecule has 17 heavy (non-hydrogen) atoms. The SMILES string of the molecule is CCOCC(=O)Nc1cc(F)ccc1C(C)=O. The monoisotopic (exact) mass is 239 g/mol. The van der Waals surface area contributed by atoms with Gasteiger partial charge in [0.2, 0.25) is 5.91 Å². The smallest absolute Gasteiger partial charge is 0.250 e. The minimum atomic E-state index is -0.512. The first-order chi connectivity index (χ1) is 8.04. The van der Waals surface area contributed by atoms with Gasteiger partial charge in [-0.1, -0.05) is 0 Å². The van der Waals surface area contributed by atoms with Crippen molar-refractivity contribution in [1.82, 2.24) is 0 Å². The van der Waals surface area contributed by atoms with Crippen molar-refractivity contribution < 1.29 is 18.7 Å². The number of carbonyl (C=O) groups is 2. The normalized spacial score (nSPS) is 10.1. The number of ketones is 1. The molecule has 1 aromatic rings. The van der Waals surface area contributed by atoms with E-state index in [0.717, 1.165) is 6.07 Å². The summed E-state index contributed by atoms with van der Waals surface area (Å²) < 4.78 is 17.9. The lowest BCUT2D eigenvalue weighted by atomic mass is 10.1. The first-order valence-electron chi connectivity index (χ1n) is 5.22. The first-order valence-corrected chi connectivity index (χ1v) is 5.22. The van der Waals surface area contributed by atoms with Gasteiger partial charge in [-0.15, -0.1) is 0 Å². The molecule has 0 fully saturated rings. The van der Waals surface area contributed by atoms with Crippen molar-refractivity contribution in [2.75, 3.05) is 18.5 Å². The molecule has 1 amide bonds. The average molecular weight is 239 g/mol. The first kappa shape index (κ1) is 13.3. The van der Waals surface area contributed by atoms with Crippen LogP contribution < -0.4 is 5.32 Å². The fraction of sp³-hybridized carbons (Fsp3) is 0.333. The topological polar surface area (TPSA) is 55.4 Å². The molecule has 1 N–H and O–H groups in total. The molecule has 0 saturated heterocycles. The number of carbonyl (C=O) groups excluding carboxylic acids is 2. The van der Waals surface area contributed by atoms with Gasteiger partial charge in [-0.3, -0.25) is 9.59 Å². The van der Waals surface area contributed by atoms with E-state index in [1.165, 1.54) is 19.1 Å². The van der Waals surface area contributed by atoms with E-state index >= 15 is 0 Å². The van der Waals surface area contributed by atoms with E-state index in [1.807, 2.05) is 0 Å². The molecule has 0 aliphatic carbocycles. The summed E-state index contributed by atoms with van der Waals surface area (Å²) in [7, 11) is 0. The Morgan fingerprint density at radius 2 is 2.12 bits per heavy atom. The average Bonchev–Trinajstić information content (AvgIpc) is 2.26. The van der Waals surface area contributed by atoms with E-state index in [9.17, 15) is 14.0 Å². The molecule has 0 bridgehead atoms. The molecule has 1 aromatic carbocycles. The van der Waals surface area contributed by atoms with E-state index in [1.54, 1.807) is 6.92 Å². The van der Waals surface area contributed by atoms with Gasteiger partial charge in [-0.25, -0.2) is 4.39 Å². The van der Waals surface area contributed by atoms with Crippen LogP contribution in [-0.4, -0.2) is 24.9 Å². The molecule has 5 heteroatoms. The maximum Gasteiger partial charge on any atom is 0.250 e. The van der Waals surface area contributed by atoms with Crippen molar-refractivity contribution in [3.63, 3.8) is 0 Å². The van der Waals surface area contributed by atoms with Crippen LogP contribution in [0.4, 0.5) is 10.1 Å². The summed E-state index contributed by atoms with van der Waals surface area (Å²) >= 11 is 0. The third kappa shape index (κ3) is 3.96. The number of benzene rings is 1. The number of hydrogen-bond donors (Lipinski definition) is 1. The lowest BCUT2D eigenvalue weighted by Crippen LogP contribution is -2.19. The van der Waals surface area contributed by atoms with Crippen molar-refractivity contribution in [2.24, 2.45) is 0 Å². The third-order valence-corrected chi connectivity index (χ3v) is 2.07. The molecule has 0 spiro atoms. The minimum Gasteiger partial charge on any atom is -0.372 e. The van der Waals surface area contributed by atoms with Gasteiger partial charge in [0.05, 0.1) is 5.69 Å². The molecule has 0 heterocycles. The van der Waals surface area contributed by atoms with Crippen molar-refractivity contribution in [1.29, 1.82) is 0 Å². The predicted molar refractivity (Wildman–Crippen MR) is 61.5 cm³/mol. The number of rotatable bonds is 5. The van der Waals surface area contributed by atoms with Crippen LogP contribution in [0.5, 0.6) is 0 Å². The Bertz CT molecular complexity index is 432. The number of halogens is 1. The maximum absolute atomic E-state index is 13.0. The standard InChI is InChI=1S/C12H14FNO3/c1-3-17-7-12(16)14-11-6-9(13)4-5-10(11)8(2)15/h4-6H,3,7H2,1-2H3,(H,14,16). The van der Waals surface area contributed by atoms with Crippen LogP contribution in [-0.2, 0) is 9.53 Å². The number of hydrogen-bond acceptors (Lipinski definition) is 3. The second kappa shape index (κ2) is 6.10. The Morgan fingerprint density at radius 3 is 2.71 bits per heavy atom. The largest absolute Gasteiger partial charge is 0.372 e. The van der Waals surface area contributed by atoms with Gasteiger partial charge in [-0.05, 0) is 32.0 Å². The third-order valence-electron chi connectivity index (χ3n) is 2.07. The fourth-order valence-electron chi connectivity index (χ4n) is 1.31. The van der Waals surface area contributed by atoms with E-state index in [2.05, 4.69) is 5.32 Å². The maximum atomic E-state index is 13.0. The van der Waals surface area contributed by atoms with Gasteiger partial charge in [-0.2, -0.15) is 0 Å². The number of ether oxygens (including phenoxy) is 1. The number of anilines is 1. The highest BCUT2D eigenvalue weighted by Crippen LogP contribution is 2.17. The van der Waals surface area contributed by atoms with Crippen molar-refractivity contribution in [3.8, 4) is 0 Å². The summed E-state index contributed by atoms with van der Waals surface area (Å²) in [5.41, 5.74) is 0.443. The van der Waals surface area contributed by atoms with Crippen LogP contribution in [0.2, 0.25) is 0 Å². The second-order valence-corrected chi connectivity index (χ2v) is 3.43.